The zero-order valence-corrected chi connectivity index (χ0v) is 20.0. The monoisotopic (exact) mass is 456 g/mol. The van der Waals surface area contributed by atoms with Crippen molar-refractivity contribution in [2.24, 2.45) is 0 Å². The minimum Gasteiger partial charge on any atom is -0.508 e. The van der Waals surface area contributed by atoms with Crippen LogP contribution in [-0.2, 0) is 26.8 Å². The number of aromatic hydroxyl groups is 1. The highest BCUT2D eigenvalue weighted by Crippen LogP contribution is 2.38. The van der Waals surface area contributed by atoms with Crippen molar-refractivity contribution < 1.29 is 19.1 Å². The van der Waals surface area contributed by atoms with Gasteiger partial charge in [-0.05, 0) is 87.7 Å². The van der Waals surface area contributed by atoms with Crippen LogP contribution in [0.15, 0.2) is 65.3 Å². The van der Waals surface area contributed by atoms with Gasteiger partial charge in [0.1, 0.15) is 22.8 Å². The number of rotatable bonds is 3. The summed E-state index contributed by atoms with van der Waals surface area (Å²) < 4.78 is 5.83. The van der Waals surface area contributed by atoms with Crippen molar-refractivity contribution in [1.29, 1.82) is 0 Å². The summed E-state index contributed by atoms with van der Waals surface area (Å²) in [6, 6.07) is 14.4. The molecule has 0 radical (unpaired) electrons. The van der Waals surface area contributed by atoms with Crippen LogP contribution in [0.2, 0.25) is 0 Å². The highest BCUT2D eigenvalue weighted by atomic mass is 16.3. The van der Waals surface area contributed by atoms with Gasteiger partial charge in [0.2, 0.25) is 5.89 Å². The summed E-state index contributed by atoms with van der Waals surface area (Å²) in [7, 11) is 0. The van der Waals surface area contributed by atoms with Crippen LogP contribution in [0.5, 0.6) is 5.75 Å². The number of hydrogen-bond acceptors (Lipinski definition) is 6. The van der Waals surface area contributed by atoms with E-state index in [0.717, 1.165) is 33.4 Å². The molecule has 0 bridgehead atoms. The first-order valence-electron chi connectivity index (χ1n) is 11.2. The number of phenolic OH excluding ortho intramolecular Hbond substituents is 1. The van der Waals surface area contributed by atoms with Crippen LogP contribution < -0.4 is 0 Å². The highest BCUT2D eigenvalue weighted by Gasteiger charge is 2.38. The molecule has 5 rings (SSSR count). The summed E-state index contributed by atoms with van der Waals surface area (Å²) in [4.78, 5) is 31.9. The average Bonchev–Trinajstić information content (AvgIpc) is 3.31. The Balaban J connectivity index is 0.000000182. The summed E-state index contributed by atoms with van der Waals surface area (Å²) in [6.07, 6.45) is 3.90. The fourth-order valence-corrected chi connectivity index (χ4v) is 3.99. The number of Topliss-reactive ketones (excluding diaryl/α,β-unsaturated/α-hetero) is 2. The van der Waals surface area contributed by atoms with Crippen LogP contribution in [0, 0.1) is 0 Å². The Morgan fingerprint density at radius 3 is 2.32 bits per heavy atom. The smallest absolute Gasteiger partial charge is 0.227 e. The fourth-order valence-electron chi connectivity index (χ4n) is 3.99. The van der Waals surface area contributed by atoms with Crippen LogP contribution in [-0.4, -0.2) is 26.6 Å². The van der Waals surface area contributed by atoms with Crippen molar-refractivity contribution in [3.63, 3.8) is 0 Å². The quantitative estimate of drug-likeness (QED) is 0.434. The molecule has 0 atom stereocenters. The number of phenols is 1. The van der Waals surface area contributed by atoms with Gasteiger partial charge in [-0.15, -0.1) is 0 Å². The zero-order chi connectivity index (χ0) is 24.7. The van der Waals surface area contributed by atoms with Gasteiger partial charge in [-0.25, -0.2) is 4.98 Å². The first-order valence-corrected chi connectivity index (χ1v) is 11.2. The number of nitrogens with zero attached hydrogens (tertiary/aromatic N) is 2. The van der Waals surface area contributed by atoms with Gasteiger partial charge in [-0.1, -0.05) is 12.1 Å². The zero-order valence-electron chi connectivity index (χ0n) is 20.0. The Kier molecular flexibility index (Phi) is 5.86. The number of hydrogen-bond donors (Lipinski definition) is 1. The van der Waals surface area contributed by atoms with Crippen molar-refractivity contribution in [1.82, 2.24) is 9.97 Å². The third-order valence-corrected chi connectivity index (χ3v) is 6.73. The van der Waals surface area contributed by atoms with Crippen molar-refractivity contribution in [3.8, 4) is 17.2 Å². The second kappa shape index (κ2) is 8.52. The van der Waals surface area contributed by atoms with E-state index < -0.39 is 10.8 Å². The molecule has 6 nitrogen and oxygen atoms in total. The van der Waals surface area contributed by atoms with Gasteiger partial charge < -0.3 is 9.52 Å². The molecule has 0 amide bonds. The SMILES string of the molecule is CC(=O)C(C)(C)c1ccc(O)cc1.CC1(C)C(=O)Cc2cc3oc(-c4ccncc4)nc3cc21. The lowest BCUT2D eigenvalue weighted by Crippen LogP contribution is -2.26. The number of benzene rings is 2. The molecule has 1 aliphatic rings. The number of ketones is 2. The Labute approximate surface area is 198 Å². The summed E-state index contributed by atoms with van der Waals surface area (Å²) in [5, 5.41) is 9.08. The molecular weight excluding hydrogens is 428 g/mol. The van der Waals surface area contributed by atoms with Crippen LogP contribution in [0.3, 0.4) is 0 Å². The summed E-state index contributed by atoms with van der Waals surface area (Å²) in [5.74, 6) is 1.18. The van der Waals surface area contributed by atoms with E-state index >= 15 is 0 Å². The lowest BCUT2D eigenvalue weighted by Gasteiger charge is -2.21. The standard InChI is InChI=1S/C17H14N2O2.C11H14O2/c1-17(2)12-9-13-14(7-11(12)8-15(17)20)21-16(19-13)10-3-5-18-6-4-10;1-8(12)11(2,3)9-4-6-10(13)7-5-9/h3-7,9H,8H2,1-2H3;4-7,13H,1-3H3. The first-order chi connectivity index (χ1) is 16.0. The molecule has 0 unspecified atom stereocenters. The predicted molar refractivity (Wildman–Crippen MR) is 131 cm³/mol. The van der Waals surface area contributed by atoms with Crippen molar-refractivity contribution in [2.75, 3.05) is 0 Å². The van der Waals surface area contributed by atoms with Crippen molar-refractivity contribution >= 4 is 22.7 Å². The maximum atomic E-state index is 12.1. The van der Waals surface area contributed by atoms with Crippen molar-refractivity contribution in [3.05, 3.63) is 77.6 Å². The van der Waals surface area contributed by atoms with E-state index in [1.807, 2.05) is 52.0 Å². The molecule has 1 aliphatic carbocycles. The van der Waals surface area contributed by atoms with Crippen LogP contribution in [0.4, 0.5) is 0 Å². The number of carbonyl (C=O) groups excluding carboxylic acids is 2. The van der Waals surface area contributed by atoms with E-state index in [-0.39, 0.29) is 17.3 Å². The molecule has 0 spiro atoms. The summed E-state index contributed by atoms with van der Waals surface area (Å²) >= 11 is 0. The molecule has 34 heavy (non-hydrogen) atoms. The third kappa shape index (κ3) is 4.23. The van der Waals surface area contributed by atoms with Gasteiger partial charge in [0.25, 0.3) is 0 Å². The third-order valence-electron chi connectivity index (χ3n) is 6.73. The topological polar surface area (TPSA) is 93.3 Å². The Morgan fingerprint density at radius 1 is 1.06 bits per heavy atom. The maximum Gasteiger partial charge on any atom is 0.227 e. The van der Waals surface area contributed by atoms with E-state index in [4.69, 9.17) is 9.52 Å². The Hall–Kier alpha value is -3.80. The lowest BCUT2D eigenvalue weighted by atomic mass is 9.81. The molecule has 2 aromatic heterocycles. The summed E-state index contributed by atoms with van der Waals surface area (Å²) in [5.41, 5.74) is 4.57. The molecule has 1 N–H and O–H groups in total. The van der Waals surface area contributed by atoms with Gasteiger partial charge >= 0.3 is 0 Å². The molecule has 0 fully saturated rings. The molecular formula is C28H28N2O4. The minimum absolute atomic E-state index is 0.123. The first kappa shape index (κ1) is 23.4. The molecule has 0 saturated heterocycles. The molecule has 0 saturated carbocycles. The highest BCUT2D eigenvalue weighted by molar-refractivity contribution is 5.98. The number of aromatic nitrogens is 2. The van der Waals surface area contributed by atoms with E-state index in [1.165, 1.54) is 0 Å². The van der Waals surface area contributed by atoms with Gasteiger partial charge in [0, 0.05) is 35.2 Å². The molecule has 6 heteroatoms. The van der Waals surface area contributed by atoms with Crippen molar-refractivity contribution in [2.45, 2.75) is 51.9 Å². The predicted octanol–water partition coefficient (Wildman–Crippen LogP) is 5.55. The number of pyridine rings is 1. The minimum atomic E-state index is -0.465. The van der Waals surface area contributed by atoms with E-state index in [2.05, 4.69) is 9.97 Å². The number of fused-ring (bicyclic) bond motifs is 2. The second-order valence-corrected chi connectivity index (χ2v) is 9.68. The Bertz CT molecular complexity index is 1370. The molecule has 4 aromatic rings. The molecule has 2 aromatic carbocycles. The maximum absolute atomic E-state index is 12.1. The van der Waals surface area contributed by atoms with Gasteiger partial charge in [0.15, 0.2) is 5.58 Å². The molecule has 0 aliphatic heterocycles. The Morgan fingerprint density at radius 2 is 1.71 bits per heavy atom. The largest absolute Gasteiger partial charge is 0.508 e. The van der Waals surface area contributed by atoms with E-state index in [9.17, 15) is 9.59 Å². The van der Waals surface area contributed by atoms with Crippen LogP contribution >= 0.6 is 0 Å². The van der Waals surface area contributed by atoms with Gasteiger partial charge in [-0.3, -0.25) is 14.6 Å². The second-order valence-electron chi connectivity index (χ2n) is 9.68. The molecule has 2 heterocycles. The van der Waals surface area contributed by atoms with E-state index in [1.54, 1.807) is 43.6 Å². The van der Waals surface area contributed by atoms with Crippen LogP contribution in [0.1, 0.15) is 51.3 Å². The molecule has 174 valence electrons. The fraction of sp³-hybridized carbons (Fsp3) is 0.286. The number of carbonyl (C=O) groups is 2. The average molecular weight is 457 g/mol. The normalized spacial score (nSPS) is 14.4. The summed E-state index contributed by atoms with van der Waals surface area (Å²) in [6.45, 7) is 9.27. The van der Waals surface area contributed by atoms with Gasteiger partial charge in [-0.2, -0.15) is 0 Å². The number of oxazole rings is 1. The van der Waals surface area contributed by atoms with Crippen LogP contribution in [0.25, 0.3) is 22.6 Å². The lowest BCUT2D eigenvalue weighted by molar-refractivity contribution is -0.122. The van der Waals surface area contributed by atoms with E-state index in [0.29, 0.717) is 12.3 Å². The van der Waals surface area contributed by atoms with Gasteiger partial charge in [0.05, 0.1) is 0 Å².